The molecule has 0 aromatic heterocycles. The molecule has 0 saturated heterocycles. The van der Waals surface area contributed by atoms with Gasteiger partial charge < -0.3 is 19.5 Å². The van der Waals surface area contributed by atoms with Crippen molar-refractivity contribution in [1.82, 2.24) is 5.32 Å². The SMILES string of the molecule is O=C(COc1ccc2c(c1)CCCC2)NC[C@H]1COc2ccccc2O1. The van der Waals surface area contributed by atoms with E-state index in [0.717, 1.165) is 24.3 Å². The largest absolute Gasteiger partial charge is 0.486 e. The van der Waals surface area contributed by atoms with Gasteiger partial charge in [-0.3, -0.25) is 4.79 Å². The summed E-state index contributed by atoms with van der Waals surface area (Å²) in [6, 6.07) is 13.7. The van der Waals surface area contributed by atoms with Crippen LogP contribution in [0.4, 0.5) is 0 Å². The highest BCUT2D eigenvalue weighted by Crippen LogP contribution is 2.30. The van der Waals surface area contributed by atoms with E-state index in [4.69, 9.17) is 14.2 Å². The summed E-state index contributed by atoms with van der Waals surface area (Å²) in [5.41, 5.74) is 2.75. The zero-order valence-corrected chi connectivity index (χ0v) is 14.7. The molecular formula is C21H23NO4. The fourth-order valence-corrected chi connectivity index (χ4v) is 3.39. The number of carbonyl (C=O) groups excluding carboxylic acids is 1. The Balaban J connectivity index is 1.24. The third kappa shape index (κ3) is 3.93. The second-order valence-electron chi connectivity index (χ2n) is 6.73. The molecule has 0 spiro atoms. The highest BCUT2D eigenvalue weighted by molar-refractivity contribution is 5.77. The molecule has 5 nitrogen and oxygen atoms in total. The standard InChI is InChI=1S/C21H23NO4/c23-21(14-24-17-10-9-15-5-1-2-6-16(15)11-17)22-12-18-13-25-19-7-3-4-8-20(19)26-18/h3-4,7-11,18H,1-2,5-6,12-14H2,(H,22,23)/t18-/m0/s1. The zero-order chi connectivity index (χ0) is 17.8. The number of nitrogens with one attached hydrogen (secondary N) is 1. The van der Waals surface area contributed by atoms with E-state index >= 15 is 0 Å². The number of aryl methyl sites for hydroxylation is 2. The Hall–Kier alpha value is -2.69. The zero-order valence-electron chi connectivity index (χ0n) is 14.7. The molecule has 4 rings (SSSR count). The predicted molar refractivity (Wildman–Crippen MR) is 97.9 cm³/mol. The van der Waals surface area contributed by atoms with E-state index in [9.17, 15) is 4.79 Å². The second kappa shape index (κ2) is 7.68. The van der Waals surface area contributed by atoms with Crippen molar-refractivity contribution >= 4 is 5.91 Å². The fraction of sp³-hybridized carbons (Fsp3) is 0.381. The molecule has 1 heterocycles. The first kappa shape index (κ1) is 16.8. The molecule has 26 heavy (non-hydrogen) atoms. The van der Waals surface area contributed by atoms with Crippen LogP contribution in [-0.2, 0) is 17.6 Å². The van der Waals surface area contributed by atoms with Crippen LogP contribution in [-0.4, -0.2) is 31.8 Å². The molecule has 2 aliphatic rings. The molecule has 1 atom stereocenters. The first-order chi connectivity index (χ1) is 12.8. The lowest BCUT2D eigenvalue weighted by atomic mass is 9.92. The first-order valence-corrected chi connectivity index (χ1v) is 9.18. The summed E-state index contributed by atoms with van der Waals surface area (Å²) in [6.45, 7) is 0.812. The Morgan fingerprint density at radius 3 is 2.77 bits per heavy atom. The van der Waals surface area contributed by atoms with Crippen molar-refractivity contribution in [3.05, 3.63) is 53.6 Å². The lowest BCUT2D eigenvalue weighted by molar-refractivity contribution is -0.123. The molecule has 136 valence electrons. The molecule has 2 aromatic rings. The molecule has 0 saturated carbocycles. The van der Waals surface area contributed by atoms with Crippen LogP contribution < -0.4 is 19.5 Å². The molecule has 0 unspecified atom stereocenters. The van der Waals surface area contributed by atoms with Gasteiger partial charge in [0, 0.05) is 0 Å². The van der Waals surface area contributed by atoms with E-state index in [1.165, 1.54) is 24.0 Å². The third-order valence-corrected chi connectivity index (χ3v) is 4.78. The van der Waals surface area contributed by atoms with Gasteiger partial charge in [0.05, 0.1) is 6.54 Å². The number of fused-ring (bicyclic) bond motifs is 2. The molecule has 1 N–H and O–H groups in total. The van der Waals surface area contributed by atoms with Crippen LogP contribution >= 0.6 is 0 Å². The van der Waals surface area contributed by atoms with Crippen LogP contribution in [0.1, 0.15) is 24.0 Å². The topological polar surface area (TPSA) is 56.8 Å². The molecule has 0 radical (unpaired) electrons. The fourth-order valence-electron chi connectivity index (χ4n) is 3.39. The Labute approximate surface area is 153 Å². The van der Waals surface area contributed by atoms with Gasteiger partial charge in [-0.2, -0.15) is 0 Å². The molecule has 0 fully saturated rings. The van der Waals surface area contributed by atoms with Crippen LogP contribution in [0.2, 0.25) is 0 Å². The highest BCUT2D eigenvalue weighted by Gasteiger charge is 2.21. The minimum atomic E-state index is -0.197. The molecule has 1 aliphatic carbocycles. The summed E-state index contributed by atoms with van der Waals surface area (Å²) < 4.78 is 17.1. The maximum atomic E-state index is 12.1. The van der Waals surface area contributed by atoms with Gasteiger partial charge in [-0.1, -0.05) is 18.2 Å². The predicted octanol–water partition coefficient (Wildman–Crippen LogP) is 2.90. The van der Waals surface area contributed by atoms with Crippen LogP contribution in [0.3, 0.4) is 0 Å². The summed E-state index contributed by atoms with van der Waals surface area (Å²) in [7, 11) is 0. The van der Waals surface area contributed by atoms with E-state index < -0.39 is 0 Å². The van der Waals surface area contributed by atoms with Crippen molar-refractivity contribution in [2.24, 2.45) is 0 Å². The molecular weight excluding hydrogens is 330 g/mol. The average Bonchev–Trinajstić information content (AvgIpc) is 2.70. The van der Waals surface area contributed by atoms with Gasteiger partial charge in [0.2, 0.25) is 0 Å². The van der Waals surface area contributed by atoms with Gasteiger partial charge in [0.25, 0.3) is 5.91 Å². The second-order valence-corrected chi connectivity index (χ2v) is 6.73. The van der Waals surface area contributed by atoms with Crippen molar-refractivity contribution in [2.75, 3.05) is 19.8 Å². The Morgan fingerprint density at radius 1 is 1.08 bits per heavy atom. The van der Waals surface area contributed by atoms with Crippen molar-refractivity contribution in [3.8, 4) is 17.2 Å². The highest BCUT2D eigenvalue weighted by atomic mass is 16.6. The Morgan fingerprint density at radius 2 is 1.88 bits per heavy atom. The number of ether oxygens (including phenoxy) is 3. The van der Waals surface area contributed by atoms with Gasteiger partial charge >= 0.3 is 0 Å². The third-order valence-electron chi connectivity index (χ3n) is 4.78. The number of benzene rings is 2. The van der Waals surface area contributed by atoms with Crippen LogP contribution in [0, 0.1) is 0 Å². The van der Waals surface area contributed by atoms with Gasteiger partial charge in [-0.05, 0) is 61.1 Å². The lowest BCUT2D eigenvalue weighted by Crippen LogP contribution is -2.42. The molecule has 5 heteroatoms. The lowest BCUT2D eigenvalue weighted by Gasteiger charge is -2.26. The monoisotopic (exact) mass is 353 g/mol. The Bertz CT molecular complexity index is 789. The van der Waals surface area contributed by atoms with Crippen molar-refractivity contribution < 1.29 is 19.0 Å². The number of para-hydroxylation sites is 2. The van der Waals surface area contributed by atoms with Gasteiger partial charge in [0.1, 0.15) is 18.5 Å². The molecule has 2 aromatic carbocycles. The maximum Gasteiger partial charge on any atom is 0.258 e. The minimum absolute atomic E-state index is 0.00293. The number of amides is 1. The van der Waals surface area contributed by atoms with Crippen LogP contribution in [0.25, 0.3) is 0 Å². The first-order valence-electron chi connectivity index (χ1n) is 9.18. The molecule has 1 amide bonds. The molecule has 0 bridgehead atoms. The summed E-state index contributed by atoms with van der Waals surface area (Å²) in [5.74, 6) is 2.05. The van der Waals surface area contributed by atoms with Crippen molar-refractivity contribution in [2.45, 2.75) is 31.8 Å². The van der Waals surface area contributed by atoms with E-state index in [0.29, 0.717) is 18.9 Å². The van der Waals surface area contributed by atoms with Gasteiger partial charge in [0.15, 0.2) is 18.1 Å². The van der Waals surface area contributed by atoms with Crippen LogP contribution in [0.5, 0.6) is 17.2 Å². The van der Waals surface area contributed by atoms with E-state index in [1.54, 1.807) is 0 Å². The van der Waals surface area contributed by atoms with Crippen molar-refractivity contribution in [1.29, 1.82) is 0 Å². The summed E-state index contributed by atoms with van der Waals surface area (Å²) >= 11 is 0. The maximum absolute atomic E-state index is 12.1. The van der Waals surface area contributed by atoms with Crippen molar-refractivity contribution in [3.63, 3.8) is 0 Å². The average molecular weight is 353 g/mol. The number of rotatable bonds is 5. The van der Waals surface area contributed by atoms with Gasteiger partial charge in [-0.15, -0.1) is 0 Å². The van der Waals surface area contributed by atoms with Crippen LogP contribution in [0.15, 0.2) is 42.5 Å². The van der Waals surface area contributed by atoms with Gasteiger partial charge in [-0.25, -0.2) is 0 Å². The number of hydrogen-bond acceptors (Lipinski definition) is 4. The normalized spacial score (nSPS) is 17.9. The number of hydrogen-bond donors (Lipinski definition) is 1. The smallest absolute Gasteiger partial charge is 0.258 e. The quantitative estimate of drug-likeness (QED) is 0.898. The number of carbonyl (C=O) groups is 1. The summed E-state index contributed by atoms with van der Waals surface area (Å²) in [4.78, 5) is 12.1. The van der Waals surface area contributed by atoms with E-state index in [-0.39, 0.29) is 18.6 Å². The summed E-state index contributed by atoms with van der Waals surface area (Å²) in [5, 5.41) is 2.85. The minimum Gasteiger partial charge on any atom is -0.486 e. The van der Waals surface area contributed by atoms with E-state index in [1.807, 2.05) is 30.3 Å². The Kier molecular flexibility index (Phi) is 4.95. The van der Waals surface area contributed by atoms with E-state index in [2.05, 4.69) is 17.4 Å². The summed E-state index contributed by atoms with van der Waals surface area (Å²) in [6.07, 6.45) is 4.52. The molecule has 1 aliphatic heterocycles.